The van der Waals surface area contributed by atoms with Gasteiger partial charge in [-0.2, -0.15) is 0 Å². The van der Waals surface area contributed by atoms with Crippen molar-refractivity contribution in [1.82, 2.24) is 9.97 Å². The van der Waals surface area contributed by atoms with Crippen molar-refractivity contribution in [3.63, 3.8) is 0 Å². The first-order valence-corrected chi connectivity index (χ1v) is 15.2. The first-order valence-electron chi connectivity index (χ1n) is 11.7. The maximum Gasteiger partial charge on any atom is 0.255 e. The number of halogens is 1. The standard InChI is InChI=1S/C28H24FN3OS4/c1-3-18-15-21(32-37-22-10-7-20(29)8-11-22)9-6-19(18)16-35-28-30-26(17(2)27(33)31-28)25-13-12-24(36-25)23-5-4-14-34-23/h4-15,32H,3,16H2,1-2H3,(H,30,31,33). The van der Waals surface area contributed by atoms with E-state index in [1.165, 1.54) is 56.7 Å². The average molecular weight is 566 g/mol. The van der Waals surface area contributed by atoms with E-state index in [0.29, 0.717) is 16.5 Å². The van der Waals surface area contributed by atoms with Crippen molar-refractivity contribution < 1.29 is 4.39 Å². The Bertz CT molecular complexity index is 1560. The molecule has 0 bridgehead atoms. The Morgan fingerprint density at radius 3 is 2.57 bits per heavy atom. The Morgan fingerprint density at radius 2 is 1.81 bits per heavy atom. The zero-order chi connectivity index (χ0) is 25.8. The number of aromatic nitrogens is 2. The van der Waals surface area contributed by atoms with Crippen LogP contribution in [0.3, 0.4) is 0 Å². The van der Waals surface area contributed by atoms with Gasteiger partial charge in [-0.15, -0.1) is 22.7 Å². The number of benzene rings is 2. The minimum Gasteiger partial charge on any atom is -0.326 e. The molecule has 2 N–H and O–H groups in total. The molecule has 9 heteroatoms. The molecule has 3 heterocycles. The second kappa shape index (κ2) is 11.7. The summed E-state index contributed by atoms with van der Waals surface area (Å²) in [5.41, 5.74) is 4.69. The van der Waals surface area contributed by atoms with Gasteiger partial charge in [0.2, 0.25) is 0 Å². The van der Waals surface area contributed by atoms with Gasteiger partial charge in [-0.05, 0) is 96.4 Å². The maximum atomic E-state index is 13.1. The molecular formula is C28H24FN3OS4. The van der Waals surface area contributed by atoms with Gasteiger partial charge < -0.3 is 9.71 Å². The predicted octanol–water partition coefficient (Wildman–Crippen LogP) is 8.65. The topological polar surface area (TPSA) is 57.8 Å². The quantitative estimate of drug-likeness (QED) is 0.106. The van der Waals surface area contributed by atoms with Crippen molar-refractivity contribution in [3.05, 3.63) is 105 Å². The van der Waals surface area contributed by atoms with Crippen LogP contribution in [0.2, 0.25) is 0 Å². The molecule has 0 saturated heterocycles. The zero-order valence-corrected chi connectivity index (χ0v) is 23.5. The molecule has 5 aromatic rings. The van der Waals surface area contributed by atoms with Gasteiger partial charge in [0, 0.05) is 31.7 Å². The Hall–Kier alpha value is -2.85. The van der Waals surface area contributed by atoms with Gasteiger partial charge in [0.25, 0.3) is 5.56 Å². The summed E-state index contributed by atoms with van der Waals surface area (Å²) in [4.78, 5) is 24.8. The van der Waals surface area contributed by atoms with Gasteiger partial charge in [0.05, 0.1) is 10.6 Å². The largest absolute Gasteiger partial charge is 0.326 e. The second-order valence-corrected chi connectivity index (χ2v) is 12.1. The summed E-state index contributed by atoms with van der Waals surface area (Å²) in [5, 5.41) is 2.69. The van der Waals surface area contributed by atoms with Crippen LogP contribution in [0, 0.1) is 12.7 Å². The molecule has 5 rings (SSSR count). The summed E-state index contributed by atoms with van der Waals surface area (Å²) in [6.45, 7) is 3.96. The van der Waals surface area contributed by atoms with E-state index in [1.807, 2.05) is 25.1 Å². The number of hydrogen-bond donors (Lipinski definition) is 2. The van der Waals surface area contributed by atoms with Crippen LogP contribution < -0.4 is 10.3 Å². The van der Waals surface area contributed by atoms with Crippen molar-refractivity contribution >= 4 is 52.1 Å². The van der Waals surface area contributed by atoms with Crippen LogP contribution in [0.1, 0.15) is 23.6 Å². The predicted molar refractivity (Wildman–Crippen MR) is 157 cm³/mol. The molecule has 0 aliphatic heterocycles. The van der Waals surface area contributed by atoms with E-state index in [-0.39, 0.29) is 11.4 Å². The maximum absolute atomic E-state index is 13.1. The van der Waals surface area contributed by atoms with Crippen LogP contribution in [-0.2, 0) is 12.2 Å². The van der Waals surface area contributed by atoms with E-state index in [4.69, 9.17) is 4.98 Å². The minimum absolute atomic E-state index is 0.105. The summed E-state index contributed by atoms with van der Waals surface area (Å²) in [6.07, 6.45) is 0.885. The third kappa shape index (κ3) is 6.18. The van der Waals surface area contributed by atoms with Crippen LogP contribution in [-0.4, -0.2) is 9.97 Å². The number of nitrogens with one attached hydrogen (secondary N) is 2. The lowest BCUT2D eigenvalue weighted by atomic mass is 10.1. The fraction of sp³-hybridized carbons (Fsp3) is 0.143. The molecule has 3 aromatic heterocycles. The van der Waals surface area contributed by atoms with Gasteiger partial charge >= 0.3 is 0 Å². The first-order chi connectivity index (χ1) is 18.0. The molecule has 0 amide bonds. The lowest BCUT2D eigenvalue weighted by Crippen LogP contribution is -2.13. The summed E-state index contributed by atoms with van der Waals surface area (Å²) in [6, 6.07) is 21.0. The van der Waals surface area contributed by atoms with Crippen LogP contribution in [0.25, 0.3) is 20.3 Å². The number of rotatable bonds is 9. The molecule has 0 radical (unpaired) electrons. The van der Waals surface area contributed by atoms with E-state index in [9.17, 15) is 9.18 Å². The molecule has 0 spiro atoms. The number of nitrogens with zero attached hydrogens (tertiary/aromatic N) is 1. The van der Waals surface area contributed by atoms with Gasteiger partial charge in [0.1, 0.15) is 5.82 Å². The third-order valence-corrected chi connectivity index (χ3v) is 9.71. The van der Waals surface area contributed by atoms with Crippen LogP contribution in [0.4, 0.5) is 10.1 Å². The molecular weight excluding hydrogens is 542 g/mol. The fourth-order valence-electron chi connectivity index (χ4n) is 3.76. The fourth-order valence-corrected chi connectivity index (χ4v) is 7.18. The highest BCUT2D eigenvalue weighted by molar-refractivity contribution is 8.00. The van der Waals surface area contributed by atoms with E-state index in [1.54, 1.807) is 34.8 Å². The molecule has 0 saturated carbocycles. The van der Waals surface area contributed by atoms with Gasteiger partial charge in [-0.3, -0.25) is 4.79 Å². The minimum atomic E-state index is -0.241. The molecule has 0 aliphatic carbocycles. The number of thioether (sulfide) groups is 1. The number of hydrogen-bond acceptors (Lipinski definition) is 7. The van der Waals surface area contributed by atoms with Crippen molar-refractivity contribution in [2.45, 2.75) is 36.1 Å². The Labute approximate surface area is 231 Å². The van der Waals surface area contributed by atoms with Gasteiger partial charge in [0.15, 0.2) is 5.16 Å². The van der Waals surface area contributed by atoms with Crippen LogP contribution in [0.5, 0.6) is 0 Å². The van der Waals surface area contributed by atoms with Crippen molar-refractivity contribution in [3.8, 4) is 20.3 Å². The number of aromatic amines is 1. The molecule has 2 aromatic carbocycles. The molecule has 0 fully saturated rings. The normalized spacial score (nSPS) is 11.1. The number of H-pyrrole nitrogens is 1. The van der Waals surface area contributed by atoms with Crippen LogP contribution >= 0.6 is 46.4 Å². The van der Waals surface area contributed by atoms with Crippen molar-refractivity contribution in [2.75, 3.05) is 4.72 Å². The average Bonchev–Trinajstić information content (AvgIpc) is 3.62. The lowest BCUT2D eigenvalue weighted by molar-refractivity contribution is 0.626. The molecule has 188 valence electrons. The second-order valence-electron chi connectivity index (χ2n) is 8.27. The number of anilines is 1. The Morgan fingerprint density at radius 1 is 1.00 bits per heavy atom. The summed E-state index contributed by atoms with van der Waals surface area (Å²) < 4.78 is 16.5. The summed E-state index contributed by atoms with van der Waals surface area (Å²) in [7, 11) is 0. The van der Waals surface area contributed by atoms with E-state index < -0.39 is 0 Å². The van der Waals surface area contributed by atoms with Gasteiger partial charge in [-0.25, -0.2) is 9.37 Å². The summed E-state index contributed by atoms with van der Waals surface area (Å²) >= 11 is 6.35. The first kappa shape index (κ1) is 25.8. The highest BCUT2D eigenvalue weighted by atomic mass is 32.2. The lowest BCUT2D eigenvalue weighted by Gasteiger charge is -2.12. The third-order valence-electron chi connectivity index (χ3n) is 5.78. The van der Waals surface area contributed by atoms with E-state index in [2.05, 4.69) is 46.3 Å². The zero-order valence-electron chi connectivity index (χ0n) is 20.2. The molecule has 0 atom stereocenters. The highest BCUT2D eigenvalue weighted by Gasteiger charge is 2.14. The summed E-state index contributed by atoms with van der Waals surface area (Å²) in [5.74, 6) is 0.458. The molecule has 0 unspecified atom stereocenters. The van der Waals surface area contributed by atoms with E-state index >= 15 is 0 Å². The van der Waals surface area contributed by atoms with Crippen molar-refractivity contribution in [1.29, 1.82) is 0 Å². The number of thiophene rings is 2. The van der Waals surface area contributed by atoms with E-state index in [0.717, 1.165) is 27.6 Å². The van der Waals surface area contributed by atoms with Crippen molar-refractivity contribution in [2.24, 2.45) is 0 Å². The Kier molecular flexibility index (Phi) is 8.14. The van der Waals surface area contributed by atoms with Crippen LogP contribution in [0.15, 0.2) is 87.0 Å². The molecule has 0 aliphatic rings. The Balaban J connectivity index is 1.30. The molecule has 4 nitrogen and oxygen atoms in total. The smallest absolute Gasteiger partial charge is 0.255 e. The SMILES string of the molecule is CCc1cc(NSc2ccc(F)cc2)ccc1CSc1nc(-c2ccc(-c3cccs3)s2)c(C)c(=O)[nH]1. The number of aryl methyl sites for hydroxylation is 1. The highest BCUT2D eigenvalue weighted by Crippen LogP contribution is 2.37. The monoisotopic (exact) mass is 565 g/mol. The molecule has 37 heavy (non-hydrogen) atoms. The van der Waals surface area contributed by atoms with Gasteiger partial charge in [-0.1, -0.05) is 30.8 Å².